The fourth-order valence-corrected chi connectivity index (χ4v) is 3.18. The molecule has 96 valence electrons. The number of hydrogen-bond donors (Lipinski definition) is 2. The van der Waals surface area contributed by atoms with Crippen LogP contribution in [0.5, 0.6) is 0 Å². The number of sulfonamides is 1. The minimum absolute atomic E-state index is 0.104. The van der Waals surface area contributed by atoms with Gasteiger partial charge in [-0.3, -0.25) is 0 Å². The van der Waals surface area contributed by atoms with Gasteiger partial charge >= 0.3 is 0 Å². The predicted octanol–water partition coefficient (Wildman–Crippen LogP) is 1.22. The summed E-state index contributed by atoms with van der Waals surface area (Å²) in [6, 6.07) is 0.104. The standard InChI is InChI=1S/C11H24N2O2S/c1-9(8-12)16(14,15)13-10-4-6-11(2,3)7-5-10/h9-10,13H,4-8,12H2,1-3H3. The molecule has 0 radical (unpaired) electrons. The topological polar surface area (TPSA) is 72.2 Å². The van der Waals surface area contributed by atoms with Gasteiger partial charge in [0.1, 0.15) is 0 Å². The number of hydrogen-bond acceptors (Lipinski definition) is 3. The molecule has 0 aromatic carbocycles. The highest BCUT2D eigenvalue weighted by atomic mass is 32.2. The molecule has 0 aromatic heterocycles. The molecule has 4 nitrogen and oxygen atoms in total. The van der Waals surface area contributed by atoms with Crippen molar-refractivity contribution in [3.63, 3.8) is 0 Å². The van der Waals surface area contributed by atoms with E-state index in [-0.39, 0.29) is 12.6 Å². The molecular weight excluding hydrogens is 224 g/mol. The first-order valence-electron chi connectivity index (χ1n) is 5.98. The van der Waals surface area contributed by atoms with Crippen LogP contribution in [0.25, 0.3) is 0 Å². The molecule has 0 amide bonds. The van der Waals surface area contributed by atoms with Crippen LogP contribution in [-0.4, -0.2) is 26.3 Å². The molecule has 16 heavy (non-hydrogen) atoms. The zero-order valence-corrected chi connectivity index (χ0v) is 11.3. The summed E-state index contributed by atoms with van der Waals surface area (Å²) in [4.78, 5) is 0. The lowest BCUT2D eigenvalue weighted by molar-refractivity contribution is 0.218. The van der Waals surface area contributed by atoms with Crippen molar-refractivity contribution in [2.45, 2.75) is 57.7 Å². The first-order chi connectivity index (χ1) is 7.27. The van der Waals surface area contributed by atoms with Crippen molar-refractivity contribution in [1.82, 2.24) is 4.72 Å². The lowest BCUT2D eigenvalue weighted by atomic mass is 9.76. The van der Waals surface area contributed by atoms with Crippen LogP contribution in [0, 0.1) is 5.41 Å². The van der Waals surface area contributed by atoms with Gasteiger partial charge in [-0.15, -0.1) is 0 Å². The molecule has 1 unspecified atom stereocenters. The van der Waals surface area contributed by atoms with Crippen molar-refractivity contribution in [1.29, 1.82) is 0 Å². The minimum Gasteiger partial charge on any atom is -0.329 e. The molecule has 1 atom stereocenters. The molecule has 5 heteroatoms. The molecule has 1 saturated carbocycles. The first kappa shape index (κ1) is 13.9. The van der Waals surface area contributed by atoms with Crippen molar-refractivity contribution in [3.05, 3.63) is 0 Å². The van der Waals surface area contributed by atoms with Gasteiger partial charge in [0.05, 0.1) is 5.25 Å². The van der Waals surface area contributed by atoms with Crippen LogP contribution in [0.2, 0.25) is 0 Å². The maximum atomic E-state index is 11.8. The highest BCUT2D eigenvalue weighted by Crippen LogP contribution is 2.35. The second-order valence-electron chi connectivity index (χ2n) is 5.65. The Balaban J connectivity index is 2.51. The van der Waals surface area contributed by atoms with Gasteiger partial charge in [0.2, 0.25) is 10.0 Å². The Bertz CT molecular complexity index is 315. The summed E-state index contributed by atoms with van der Waals surface area (Å²) in [6.45, 7) is 6.29. The van der Waals surface area contributed by atoms with E-state index in [0.29, 0.717) is 5.41 Å². The summed E-state index contributed by atoms with van der Waals surface area (Å²) in [5, 5.41) is -0.498. The van der Waals surface area contributed by atoms with Gasteiger partial charge in [-0.1, -0.05) is 13.8 Å². The highest BCUT2D eigenvalue weighted by molar-refractivity contribution is 7.90. The van der Waals surface area contributed by atoms with Gasteiger partial charge in [-0.25, -0.2) is 13.1 Å². The van der Waals surface area contributed by atoms with E-state index < -0.39 is 15.3 Å². The van der Waals surface area contributed by atoms with Crippen molar-refractivity contribution in [3.8, 4) is 0 Å². The molecule has 0 aromatic rings. The van der Waals surface area contributed by atoms with E-state index in [1.54, 1.807) is 6.92 Å². The normalized spacial score (nSPS) is 24.2. The van der Waals surface area contributed by atoms with Gasteiger partial charge in [0.25, 0.3) is 0 Å². The van der Waals surface area contributed by atoms with E-state index in [1.165, 1.54) is 0 Å². The quantitative estimate of drug-likeness (QED) is 0.786. The summed E-state index contributed by atoms with van der Waals surface area (Å²) in [5.74, 6) is 0. The third-order valence-corrected chi connectivity index (χ3v) is 5.45. The van der Waals surface area contributed by atoms with Gasteiger partial charge in [-0.05, 0) is 38.0 Å². The number of rotatable bonds is 4. The summed E-state index contributed by atoms with van der Waals surface area (Å²) in [7, 11) is -3.22. The maximum absolute atomic E-state index is 11.8. The molecular formula is C11H24N2O2S. The van der Waals surface area contributed by atoms with Crippen LogP contribution >= 0.6 is 0 Å². The van der Waals surface area contributed by atoms with Crippen molar-refractivity contribution in [2.75, 3.05) is 6.54 Å². The van der Waals surface area contributed by atoms with E-state index >= 15 is 0 Å². The molecule has 0 saturated heterocycles. The third kappa shape index (κ3) is 3.71. The summed E-state index contributed by atoms with van der Waals surface area (Å²) in [5.41, 5.74) is 5.75. The average molecular weight is 248 g/mol. The molecule has 0 aliphatic heterocycles. The molecule has 1 fully saturated rings. The second kappa shape index (κ2) is 5.02. The average Bonchev–Trinajstić information content (AvgIpc) is 2.20. The van der Waals surface area contributed by atoms with Gasteiger partial charge in [-0.2, -0.15) is 0 Å². The van der Waals surface area contributed by atoms with Crippen LogP contribution in [0.3, 0.4) is 0 Å². The van der Waals surface area contributed by atoms with Crippen LogP contribution in [0.4, 0.5) is 0 Å². The van der Waals surface area contributed by atoms with E-state index in [0.717, 1.165) is 25.7 Å². The summed E-state index contributed by atoms with van der Waals surface area (Å²) >= 11 is 0. The van der Waals surface area contributed by atoms with Gasteiger partial charge in [0, 0.05) is 12.6 Å². The van der Waals surface area contributed by atoms with Crippen LogP contribution in [0.15, 0.2) is 0 Å². The molecule has 0 spiro atoms. The molecule has 0 bridgehead atoms. The van der Waals surface area contributed by atoms with E-state index in [9.17, 15) is 8.42 Å². The van der Waals surface area contributed by atoms with Crippen molar-refractivity contribution < 1.29 is 8.42 Å². The fraction of sp³-hybridized carbons (Fsp3) is 1.00. The van der Waals surface area contributed by atoms with Crippen LogP contribution in [-0.2, 0) is 10.0 Å². The van der Waals surface area contributed by atoms with Crippen molar-refractivity contribution in [2.24, 2.45) is 11.1 Å². The Morgan fingerprint density at radius 2 is 1.88 bits per heavy atom. The molecule has 1 rings (SSSR count). The molecule has 1 aliphatic rings. The smallest absolute Gasteiger partial charge is 0.215 e. The number of nitrogens with one attached hydrogen (secondary N) is 1. The zero-order valence-electron chi connectivity index (χ0n) is 10.5. The zero-order chi connectivity index (χ0) is 12.4. The third-order valence-electron chi connectivity index (χ3n) is 3.53. The Morgan fingerprint density at radius 3 is 2.31 bits per heavy atom. The van der Waals surface area contributed by atoms with Crippen LogP contribution in [0.1, 0.15) is 46.5 Å². The van der Waals surface area contributed by atoms with E-state index in [2.05, 4.69) is 18.6 Å². The molecule has 1 aliphatic carbocycles. The Labute approximate surface area is 99.0 Å². The van der Waals surface area contributed by atoms with Gasteiger partial charge < -0.3 is 5.73 Å². The largest absolute Gasteiger partial charge is 0.329 e. The second-order valence-corrected chi connectivity index (χ2v) is 7.78. The SMILES string of the molecule is CC(CN)S(=O)(=O)NC1CCC(C)(C)CC1. The highest BCUT2D eigenvalue weighted by Gasteiger charge is 2.30. The lowest BCUT2D eigenvalue weighted by Gasteiger charge is -2.34. The monoisotopic (exact) mass is 248 g/mol. The Morgan fingerprint density at radius 1 is 1.38 bits per heavy atom. The lowest BCUT2D eigenvalue weighted by Crippen LogP contribution is -2.44. The predicted molar refractivity (Wildman–Crippen MR) is 66.6 cm³/mol. The van der Waals surface area contributed by atoms with Gasteiger partial charge in [0.15, 0.2) is 0 Å². The summed E-state index contributed by atoms with van der Waals surface area (Å²) < 4.78 is 26.4. The van der Waals surface area contributed by atoms with E-state index in [1.807, 2.05) is 0 Å². The Kier molecular flexibility index (Phi) is 4.37. The first-order valence-corrected chi connectivity index (χ1v) is 7.53. The number of nitrogens with two attached hydrogens (primary N) is 1. The van der Waals surface area contributed by atoms with E-state index in [4.69, 9.17) is 5.73 Å². The maximum Gasteiger partial charge on any atom is 0.215 e. The Hall–Kier alpha value is -0.130. The molecule has 3 N–H and O–H groups in total. The van der Waals surface area contributed by atoms with Crippen molar-refractivity contribution >= 4 is 10.0 Å². The van der Waals surface area contributed by atoms with Crippen LogP contribution < -0.4 is 10.5 Å². The fourth-order valence-electron chi connectivity index (χ4n) is 1.99. The molecule has 0 heterocycles. The summed E-state index contributed by atoms with van der Waals surface area (Å²) in [6.07, 6.45) is 4.03. The minimum atomic E-state index is -3.22.